The lowest BCUT2D eigenvalue weighted by atomic mass is 10.1. The first kappa shape index (κ1) is 22.3. The van der Waals surface area contributed by atoms with Crippen LogP contribution >= 0.6 is 22.9 Å². The molecule has 33 heavy (non-hydrogen) atoms. The predicted molar refractivity (Wildman–Crippen MR) is 134 cm³/mol. The maximum atomic E-state index is 6.59. The number of ether oxygens (including phenoxy) is 1. The van der Waals surface area contributed by atoms with Crippen molar-refractivity contribution < 1.29 is 4.74 Å². The number of thiazole rings is 1. The van der Waals surface area contributed by atoms with Gasteiger partial charge in [-0.2, -0.15) is 0 Å². The van der Waals surface area contributed by atoms with E-state index in [0.29, 0.717) is 22.8 Å². The Morgan fingerprint density at radius 2 is 1.97 bits per heavy atom. The lowest BCUT2D eigenvalue weighted by Gasteiger charge is -2.34. The molecule has 1 fully saturated rings. The summed E-state index contributed by atoms with van der Waals surface area (Å²) in [4.78, 5) is 21.4. The summed E-state index contributed by atoms with van der Waals surface area (Å²) in [5.74, 6) is 1.30. The average molecular weight is 483 g/mol. The Bertz CT molecular complexity index is 1270. The molecule has 4 heterocycles. The van der Waals surface area contributed by atoms with E-state index in [9.17, 15) is 0 Å². The minimum Gasteiger partial charge on any atom is -0.474 e. The highest BCUT2D eigenvalue weighted by Crippen LogP contribution is 2.35. The van der Waals surface area contributed by atoms with E-state index in [0.717, 1.165) is 52.7 Å². The van der Waals surface area contributed by atoms with Gasteiger partial charge in [0, 0.05) is 19.1 Å². The molecule has 0 bridgehead atoms. The number of piperidine rings is 1. The van der Waals surface area contributed by atoms with Crippen LogP contribution in [-0.4, -0.2) is 50.1 Å². The fourth-order valence-corrected chi connectivity index (χ4v) is 5.19. The highest BCUT2D eigenvalue weighted by molar-refractivity contribution is 7.16. The van der Waals surface area contributed by atoms with Gasteiger partial charge in [0.05, 0.1) is 27.7 Å². The Morgan fingerprint density at radius 3 is 2.76 bits per heavy atom. The van der Waals surface area contributed by atoms with Crippen LogP contribution in [0.1, 0.15) is 45.3 Å². The summed E-state index contributed by atoms with van der Waals surface area (Å²) in [7, 11) is 0. The van der Waals surface area contributed by atoms with E-state index in [-0.39, 0.29) is 12.1 Å². The molecule has 172 valence electrons. The van der Waals surface area contributed by atoms with Gasteiger partial charge in [-0.1, -0.05) is 23.7 Å². The first-order valence-electron chi connectivity index (χ1n) is 11.3. The number of likely N-dealkylation sites (tertiary alicyclic amines) is 1. The van der Waals surface area contributed by atoms with E-state index in [4.69, 9.17) is 21.3 Å². The first-order valence-corrected chi connectivity index (χ1v) is 12.6. The molecule has 3 aromatic heterocycles. The van der Waals surface area contributed by atoms with Gasteiger partial charge >= 0.3 is 0 Å². The van der Waals surface area contributed by atoms with Crippen molar-refractivity contribution in [3.63, 3.8) is 0 Å². The summed E-state index contributed by atoms with van der Waals surface area (Å²) >= 11 is 8.09. The lowest BCUT2D eigenvalue weighted by Crippen LogP contribution is -2.41. The van der Waals surface area contributed by atoms with E-state index >= 15 is 0 Å². The topological polar surface area (TPSA) is 76.1 Å². The zero-order valence-electron chi connectivity index (χ0n) is 19.0. The first-order chi connectivity index (χ1) is 16.0. The van der Waals surface area contributed by atoms with Gasteiger partial charge in [-0.3, -0.25) is 0 Å². The molecule has 1 aliphatic heterocycles. The van der Waals surface area contributed by atoms with Gasteiger partial charge in [-0.05, 0) is 51.1 Å². The third-order valence-electron chi connectivity index (χ3n) is 6.21. The number of hydrogen-bond donors (Lipinski definition) is 1. The number of halogens is 1. The number of anilines is 1. The molecule has 1 aliphatic rings. The molecule has 1 N–H and O–H groups in total. The maximum Gasteiger partial charge on any atom is 0.223 e. The Balaban J connectivity index is 1.44. The van der Waals surface area contributed by atoms with Gasteiger partial charge in [-0.25, -0.2) is 19.9 Å². The van der Waals surface area contributed by atoms with Crippen LogP contribution in [0.2, 0.25) is 5.02 Å². The Morgan fingerprint density at radius 1 is 1.15 bits per heavy atom. The molecule has 0 saturated carbocycles. The van der Waals surface area contributed by atoms with Crippen molar-refractivity contribution in [3.8, 4) is 5.88 Å². The van der Waals surface area contributed by atoms with E-state index in [2.05, 4.69) is 58.1 Å². The van der Waals surface area contributed by atoms with Crippen LogP contribution < -0.4 is 10.1 Å². The summed E-state index contributed by atoms with van der Waals surface area (Å²) in [5.41, 5.74) is 3.41. The number of pyridine rings is 1. The molecule has 1 aromatic carbocycles. The van der Waals surface area contributed by atoms with Crippen molar-refractivity contribution in [3.05, 3.63) is 46.8 Å². The normalized spacial score (nSPS) is 16.5. The van der Waals surface area contributed by atoms with E-state index in [1.807, 2.05) is 12.1 Å². The van der Waals surface area contributed by atoms with Crippen LogP contribution in [0.4, 0.5) is 5.82 Å². The van der Waals surface area contributed by atoms with Crippen molar-refractivity contribution in [1.29, 1.82) is 0 Å². The fraction of sp³-hybridized carbons (Fsp3) is 0.417. The molecular weight excluding hydrogens is 456 g/mol. The largest absolute Gasteiger partial charge is 0.474 e. The van der Waals surface area contributed by atoms with E-state index in [1.165, 1.54) is 11.3 Å². The zero-order chi connectivity index (χ0) is 22.9. The Kier molecular flexibility index (Phi) is 6.32. The third-order valence-corrected chi connectivity index (χ3v) is 7.26. The predicted octanol–water partition coefficient (Wildman–Crippen LogP) is 5.71. The maximum absolute atomic E-state index is 6.59. The second-order valence-corrected chi connectivity index (χ2v) is 9.97. The molecule has 1 atom stereocenters. The summed E-state index contributed by atoms with van der Waals surface area (Å²) < 4.78 is 6.49. The second kappa shape index (κ2) is 9.37. The molecule has 0 amide bonds. The van der Waals surface area contributed by atoms with Gasteiger partial charge in [0.25, 0.3) is 0 Å². The molecule has 0 unspecified atom stereocenters. The number of aromatic nitrogens is 4. The third kappa shape index (κ3) is 4.60. The molecule has 5 rings (SSSR count). The Labute approximate surface area is 202 Å². The zero-order valence-corrected chi connectivity index (χ0v) is 20.5. The number of rotatable bonds is 6. The Hall–Kier alpha value is -2.55. The molecule has 7 nitrogen and oxygen atoms in total. The van der Waals surface area contributed by atoms with Crippen LogP contribution in [0, 0.1) is 0 Å². The standard InChI is InChI=1S/C24H27ClN6OS/c1-14(2)31-9-7-17(8-10-31)32-23-20-16(5-4-6-18(20)25)11-19(30-23)15(3)29-22-21-24(27-12-26-22)33-13-28-21/h4-6,11-15,17H,7-10H2,1-3H3,(H,26,27,29)/t15-/m0/s1. The van der Waals surface area contributed by atoms with Gasteiger partial charge in [0.2, 0.25) is 5.88 Å². The average Bonchev–Trinajstić information content (AvgIpc) is 3.29. The number of fused-ring (bicyclic) bond motifs is 2. The number of hydrogen-bond acceptors (Lipinski definition) is 8. The quantitative estimate of drug-likeness (QED) is 0.377. The highest BCUT2D eigenvalue weighted by atomic mass is 35.5. The molecule has 9 heteroatoms. The number of nitrogens with one attached hydrogen (secondary N) is 1. The van der Waals surface area contributed by atoms with Gasteiger partial charge in [0.1, 0.15) is 22.8 Å². The number of nitrogens with zero attached hydrogens (tertiary/aromatic N) is 5. The monoisotopic (exact) mass is 482 g/mol. The summed E-state index contributed by atoms with van der Waals surface area (Å²) in [6, 6.07) is 8.41. The van der Waals surface area contributed by atoms with Crippen molar-refractivity contribution >= 4 is 49.9 Å². The summed E-state index contributed by atoms with van der Waals surface area (Å²) in [6.45, 7) is 8.60. The SMILES string of the molecule is CC(C)N1CCC(Oc2nc([C@H](C)Nc3ncnc4scnc34)cc3cccc(Cl)c23)CC1. The van der Waals surface area contributed by atoms with E-state index < -0.39 is 0 Å². The molecule has 1 saturated heterocycles. The second-order valence-electron chi connectivity index (χ2n) is 8.73. The molecular formula is C24H27ClN6OS. The van der Waals surface area contributed by atoms with Crippen molar-refractivity contribution in [2.24, 2.45) is 0 Å². The summed E-state index contributed by atoms with van der Waals surface area (Å²) in [6.07, 6.45) is 3.64. The van der Waals surface area contributed by atoms with Crippen LogP contribution in [0.3, 0.4) is 0 Å². The van der Waals surface area contributed by atoms with Gasteiger partial charge < -0.3 is 15.0 Å². The molecule has 4 aromatic rings. The van der Waals surface area contributed by atoms with E-state index in [1.54, 1.807) is 11.8 Å². The molecule has 0 radical (unpaired) electrons. The van der Waals surface area contributed by atoms with Gasteiger partial charge in [0.15, 0.2) is 5.82 Å². The minimum absolute atomic E-state index is 0.113. The fourth-order valence-electron chi connectivity index (χ4n) is 4.31. The highest BCUT2D eigenvalue weighted by Gasteiger charge is 2.24. The van der Waals surface area contributed by atoms with Crippen molar-refractivity contribution in [2.75, 3.05) is 18.4 Å². The van der Waals surface area contributed by atoms with Crippen LogP contribution in [0.5, 0.6) is 5.88 Å². The molecule has 0 spiro atoms. The lowest BCUT2D eigenvalue weighted by molar-refractivity contribution is 0.0822. The molecule has 0 aliphatic carbocycles. The van der Waals surface area contributed by atoms with Gasteiger partial charge in [-0.15, -0.1) is 11.3 Å². The van der Waals surface area contributed by atoms with Crippen LogP contribution in [0.25, 0.3) is 21.1 Å². The smallest absolute Gasteiger partial charge is 0.223 e. The van der Waals surface area contributed by atoms with Crippen LogP contribution in [0.15, 0.2) is 36.1 Å². The van der Waals surface area contributed by atoms with Crippen molar-refractivity contribution in [2.45, 2.75) is 51.8 Å². The summed E-state index contributed by atoms with van der Waals surface area (Å²) in [5, 5.41) is 5.98. The van der Waals surface area contributed by atoms with Crippen LogP contribution in [-0.2, 0) is 0 Å². The minimum atomic E-state index is -0.113. The van der Waals surface area contributed by atoms with Crippen molar-refractivity contribution in [1.82, 2.24) is 24.8 Å². The number of benzene rings is 1.